The summed E-state index contributed by atoms with van der Waals surface area (Å²) in [6.07, 6.45) is 5.16. The Morgan fingerprint density at radius 2 is 1.26 bits per heavy atom. The molecule has 2 atom stereocenters. The molecule has 2 fully saturated rings. The average Bonchev–Trinajstić information content (AvgIpc) is 2.77. The highest BCUT2D eigenvalue weighted by molar-refractivity contribution is 8.23. The molecule has 0 radical (unpaired) electrons. The lowest BCUT2D eigenvalue weighted by Gasteiger charge is -2.45. The first-order chi connectivity index (χ1) is 16.5. The van der Waals surface area contributed by atoms with Gasteiger partial charge in [0.1, 0.15) is 20.7 Å². The van der Waals surface area contributed by atoms with Gasteiger partial charge in [-0.3, -0.25) is 19.4 Å². The molecule has 8 nitrogen and oxygen atoms in total. The Kier molecular flexibility index (Phi) is 13.3. The summed E-state index contributed by atoms with van der Waals surface area (Å²) in [5, 5.41) is 19.5. The zero-order valence-electron chi connectivity index (χ0n) is 20.7. The molecule has 0 aromatic heterocycles. The quantitative estimate of drug-likeness (QED) is 0.285. The van der Waals surface area contributed by atoms with Gasteiger partial charge >= 0.3 is 11.9 Å². The maximum atomic E-state index is 11.9. The zero-order valence-corrected chi connectivity index (χ0v) is 25.6. The molecular formula is C21H36N4O4S6. The number of carbonyl (C=O) groups is 2. The van der Waals surface area contributed by atoms with Crippen molar-refractivity contribution in [2.45, 2.75) is 38.8 Å². The van der Waals surface area contributed by atoms with Gasteiger partial charge in [0.2, 0.25) is 0 Å². The van der Waals surface area contributed by atoms with Crippen LogP contribution in [0.4, 0.5) is 0 Å². The van der Waals surface area contributed by atoms with Crippen LogP contribution in [0.25, 0.3) is 0 Å². The van der Waals surface area contributed by atoms with Crippen molar-refractivity contribution in [3.8, 4) is 0 Å². The highest BCUT2D eigenvalue weighted by atomic mass is 32.2. The first-order valence-corrected chi connectivity index (χ1v) is 16.8. The SMILES string of the molecule is CSCCC(C(=O)O)N1CSC(=S)N(CC(C)(C)CN2CN(C(CCSC)C(=O)O)CSC2=S)C1. The van der Waals surface area contributed by atoms with Crippen LogP contribution in [0.5, 0.6) is 0 Å². The van der Waals surface area contributed by atoms with Crippen molar-refractivity contribution < 1.29 is 19.8 Å². The first-order valence-electron chi connectivity index (χ1n) is 11.2. The normalized spacial score (nSPS) is 20.2. The largest absolute Gasteiger partial charge is 0.480 e. The smallest absolute Gasteiger partial charge is 0.321 e. The summed E-state index contributed by atoms with van der Waals surface area (Å²) >= 11 is 17.6. The third-order valence-electron chi connectivity index (χ3n) is 5.81. The molecule has 2 rings (SSSR count). The molecule has 2 unspecified atom stereocenters. The van der Waals surface area contributed by atoms with Crippen LogP contribution in [0, 0.1) is 5.41 Å². The second-order valence-corrected chi connectivity index (χ2v) is 14.5. The fourth-order valence-electron chi connectivity index (χ4n) is 4.17. The summed E-state index contributed by atoms with van der Waals surface area (Å²) in [7, 11) is 0. The van der Waals surface area contributed by atoms with Crippen molar-refractivity contribution in [3.05, 3.63) is 0 Å². The van der Waals surface area contributed by atoms with E-state index in [1.54, 1.807) is 23.5 Å². The van der Waals surface area contributed by atoms with Crippen LogP contribution in [-0.4, -0.2) is 125 Å². The Morgan fingerprint density at radius 3 is 1.57 bits per heavy atom. The number of rotatable bonds is 14. The fraction of sp³-hybridized carbons (Fsp3) is 0.810. The molecule has 0 saturated carbocycles. The Balaban J connectivity index is 2.05. The minimum Gasteiger partial charge on any atom is -0.480 e. The molecule has 0 aromatic carbocycles. The Bertz CT molecular complexity index is 714. The van der Waals surface area contributed by atoms with E-state index in [1.807, 2.05) is 22.3 Å². The van der Waals surface area contributed by atoms with Gasteiger partial charge in [-0.15, -0.1) is 0 Å². The molecular weight excluding hydrogens is 565 g/mol. The maximum absolute atomic E-state index is 11.9. The van der Waals surface area contributed by atoms with Gasteiger partial charge in [0.15, 0.2) is 0 Å². The number of carboxylic acids is 2. The van der Waals surface area contributed by atoms with Gasteiger partial charge in [-0.05, 0) is 42.3 Å². The van der Waals surface area contributed by atoms with E-state index in [4.69, 9.17) is 24.4 Å². The second-order valence-electron chi connectivity index (χ2n) is 9.37. The van der Waals surface area contributed by atoms with Crippen molar-refractivity contribution >= 4 is 92.1 Å². The summed E-state index contributed by atoms with van der Waals surface area (Å²) in [4.78, 5) is 31.9. The number of hydrogen-bond donors (Lipinski definition) is 2. The third kappa shape index (κ3) is 9.69. The van der Waals surface area contributed by atoms with Crippen LogP contribution >= 0.6 is 71.5 Å². The van der Waals surface area contributed by atoms with Crippen LogP contribution in [0.15, 0.2) is 0 Å². The van der Waals surface area contributed by atoms with Crippen molar-refractivity contribution in [3.63, 3.8) is 0 Å². The van der Waals surface area contributed by atoms with Gasteiger partial charge in [-0.25, -0.2) is 0 Å². The molecule has 0 spiro atoms. The van der Waals surface area contributed by atoms with E-state index in [9.17, 15) is 19.8 Å². The van der Waals surface area contributed by atoms with Gasteiger partial charge in [-0.1, -0.05) is 61.8 Å². The topological polar surface area (TPSA) is 87.6 Å². The molecule has 2 aliphatic heterocycles. The lowest BCUT2D eigenvalue weighted by atomic mass is 9.92. The molecule has 0 aliphatic carbocycles. The van der Waals surface area contributed by atoms with Gasteiger partial charge in [0.25, 0.3) is 0 Å². The number of hydrogen-bond acceptors (Lipinski definition) is 10. The lowest BCUT2D eigenvalue weighted by Crippen LogP contribution is -2.56. The lowest BCUT2D eigenvalue weighted by molar-refractivity contribution is -0.144. The predicted molar refractivity (Wildman–Crippen MR) is 160 cm³/mol. The number of aliphatic carboxylic acids is 2. The minimum atomic E-state index is -0.795. The average molecular weight is 601 g/mol. The van der Waals surface area contributed by atoms with Crippen LogP contribution in [-0.2, 0) is 9.59 Å². The minimum absolute atomic E-state index is 0.211. The molecule has 0 amide bonds. The number of carboxylic acid groups (broad SMARTS) is 2. The Labute approximate surface area is 236 Å². The molecule has 0 aromatic rings. The van der Waals surface area contributed by atoms with Crippen molar-refractivity contribution in [2.24, 2.45) is 5.41 Å². The molecule has 14 heteroatoms. The standard InChI is InChI=1S/C21H36N4O4S6/c1-21(2,9-22-11-24(13-34-19(22)30)15(17(26)27)5-7-32-3)10-23-12-25(14-35-20(23)31)16(18(28)29)6-8-33-4/h15-16H,5-14H2,1-4H3,(H,26,27)(H,28,29). The number of thiocarbonyl (C=S) groups is 2. The molecule has 2 aliphatic rings. The van der Waals surface area contributed by atoms with Crippen LogP contribution in [0.2, 0.25) is 0 Å². The highest BCUT2D eigenvalue weighted by Crippen LogP contribution is 2.30. The van der Waals surface area contributed by atoms with Crippen LogP contribution < -0.4 is 0 Å². The number of thioether (sulfide) groups is 4. The highest BCUT2D eigenvalue weighted by Gasteiger charge is 2.37. The maximum Gasteiger partial charge on any atom is 0.321 e. The van der Waals surface area contributed by atoms with Crippen molar-refractivity contribution in [1.29, 1.82) is 0 Å². The second kappa shape index (κ2) is 14.8. The van der Waals surface area contributed by atoms with E-state index in [-0.39, 0.29) is 5.41 Å². The van der Waals surface area contributed by atoms with Gasteiger partial charge in [0.05, 0.1) is 25.1 Å². The molecule has 0 bridgehead atoms. The van der Waals surface area contributed by atoms with E-state index >= 15 is 0 Å². The van der Waals surface area contributed by atoms with Gasteiger partial charge < -0.3 is 20.0 Å². The molecule has 200 valence electrons. The Hall–Kier alpha value is 0.0400. The van der Waals surface area contributed by atoms with E-state index in [0.717, 1.165) is 20.1 Å². The summed E-state index contributed by atoms with van der Waals surface area (Å²) in [5.41, 5.74) is -0.211. The first kappa shape index (κ1) is 31.3. The van der Waals surface area contributed by atoms with Crippen LogP contribution in [0.1, 0.15) is 26.7 Å². The van der Waals surface area contributed by atoms with Crippen molar-refractivity contribution in [2.75, 3.05) is 62.2 Å². The van der Waals surface area contributed by atoms with Crippen molar-refractivity contribution in [1.82, 2.24) is 19.6 Å². The molecule has 2 heterocycles. The van der Waals surface area contributed by atoms with E-state index in [2.05, 4.69) is 23.6 Å². The van der Waals surface area contributed by atoms with Crippen LogP contribution in [0.3, 0.4) is 0 Å². The summed E-state index contributed by atoms with van der Waals surface area (Å²) in [6, 6.07) is -1.06. The van der Waals surface area contributed by atoms with E-state index in [0.29, 0.717) is 51.0 Å². The van der Waals surface area contributed by atoms with Gasteiger partial charge in [0, 0.05) is 13.1 Å². The monoisotopic (exact) mass is 600 g/mol. The molecule has 35 heavy (non-hydrogen) atoms. The fourth-order valence-corrected chi connectivity index (χ4v) is 7.33. The number of nitrogens with zero attached hydrogens (tertiary/aromatic N) is 4. The zero-order chi connectivity index (χ0) is 26.2. The summed E-state index contributed by atoms with van der Waals surface area (Å²) < 4.78 is 1.56. The summed E-state index contributed by atoms with van der Waals surface area (Å²) in [5.74, 6) is 1.16. The molecule has 2 saturated heterocycles. The van der Waals surface area contributed by atoms with E-state index < -0.39 is 24.0 Å². The molecule has 2 N–H and O–H groups in total. The third-order valence-corrected chi connectivity index (χ3v) is 10.3. The summed E-state index contributed by atoms with van der Waals surface area (Å²) in [6.45, 7) is 6.58. The van der Waals surface area contributed by atoms with E-state index in [1.165, 1.54) is 23.5 Å². The predicted octanol–water partition coefficient (Wildman–Crippen LogP) is 3.53. The Morgan fingerprint density at radius 1 is 0.886 bits per heavy atom. The van der Waals surface area contributed by atoms with Gasteiger partial charge in [-0.2, -0.15) is 23.5 Å².